The van der Waals surface area contributed by atoms with Crippen LogP contribution < -0.4 is 5.73 Å². The quantitative estimate of drug-likeness (QED) is 0.847. The van der Waals surface area contributed by atoms with Crippen molar-refractivity contribution in [3.63, 3.8) is 0 Å². The molecule has 1 aromatic carbocycles. The average Bonchev–Trinajstić information content (AvgIpc) is 2.73. The molecular formula is C15H21N3. The summed E-state index contributed by atoms with van der Waals surface area (Å²) in [6.07, 6.45) is 6.08. The second kappa shape index (κ2) is 6.24. The third-order valence-corrected chi connectivity index (χ3v) is 3.15. The lowest BCUT2D eigenvalue weighted by molar-refractivity contribution is 0.552. The Balaban J connectivity index is 1.90. The SMILES string of the molecule is CCCc1c(N)cnn1CCCc1ccccc1. The average molecular weight is 243 g/mol. The van der Waals surface area contributed by atoms with Gasteiger partial charge in [-0.3, -0.25) is 4.68 Å². The van der Waals surface area contributed by atoms with Gasteiger partial charge in [0, 0.05) is 6.54 Å². The molecule has 1 aromatic heterocycles. The molecule has 0 aliphatic heterocycles. The van der Waals surface area contributed by atoms with Gasteiger partial charge in [-0.25, -0.2) is 0 Å². The molecule has 0 saturated heterocycles. The minimum Gasteiger partial charge on any atom is -0.396 e. The Bertz CT molecular complexity index is 474. The zero-order valence-corrected chi connectivity index (χ0v) is 11.0. The highest BCUT2D eigenvalue weighted by molar-refractivity contribution is 5.40. The maximum atomic E-state index is 5.93. The third-order valence-electron chi connectivity index (χ3n) is 3.15. The molecule has 0 fully saturated rings. The molecule has 3 heteroatoms. The molecule has 0 atom stereocenters. The number of hydrogen-bond acceptors (Lipinski definition) is 2. The summed E-state index contributed by atoms with van der Waals surface area (Å²) < 4.78 is 2.06. The largest absolute Gasteiger partial charge is 0.396 e. The van der Waals surface area contributed by atoms with Crippen LogP contribution in [0.15, 0.2) is 36.5 Å². The zero-order chi connectivity index (χ0) is 12.8. The number of benzene rings is 1. The van der Waals surface area contributed by atoms with Gasteiger partial charge in [-0.15, -0.1) is 0 Å². The smallest absolute Gasteiger partial charge is 0.0733 e. The number of nitrogen functional groups attached to an aromatic ring is 1. The lowest BCUT2D eigenvalue weighted by atomic mass is 10.1. The van der Waals surface area contributed by atoms with Gasteiger partial charge in [0.2, 0.25) is 0 Å². The van der Waals surface area contributed by atoms with Crippen LogP contribution in [0.2, 0.25) is 0 Å². The molecule has 0 unspecified atom stereocenters. The predicted molar refractivity (Wildman–Crippen MR) is 75.4 cm³/mol. The highest BCUT2D eigenvalue weighted by atomic mass is 15.3. The molecular weight excluding hydrogens is 222 g/mol. The molecule has 2 rings (SSSR count). The van der Waals surface area contributed by atoms with Crippen LogP contribution in [0.4, 0.5) is 5.69 Å². The second-order valence-corrected chi connectivity index (χ2v) is 4.61. The number of nitrogens with two attached hydrogens (primary N) is 1. The summed E-state index contributed by atoms with van der Waals surface area (Å²) >= 11 is 0. The molecule has 1 heterocycles. The molecule has 0 amide bonds. The number of aromatic nitrogens is 2. The van der Waals surface area contributed by atoms with Crippen LogP contribution in [0.1, 0.15) is 31.0 Å². The van der Waals surface area contributed by atoms with E-state index in [0.717, 1.165) is 37.9 Å². The number of nitrogens with zero attached hydrogens (tertiary/aromatic N) is 2. The molecule has 0 spiro atoms. The Morgan fingerprint density at radius 2 is 1.94 bits per heavy atom. The Morgan fingerprint density at radius 1 is 1.17 bits per heavy atom. The minimum absolute atomic E-state index is 0.830. The van der Waals surface area contributed by atoms with Gasteiger partial charge in [-0.2, -0.15) is 5.10 Å². The first-order chi connectivity index (χ1) is 8.81. The van der Waals surface area contributed by atoms with E-state index in [9.17, 15) is 0 Å². The number of aryl methyl sites for hydroxylation is 2. The van der Waals surface area contributed by atoms with Gasteiger partial charge in [0.25, 0.3) is 0 Å². The van der Waals surface area contributed by atoms with Gasteiger partial charge in [-0.1, -0.05) is 43.7 Å². The van der Waals surface area contributed by atoms with Crippen molar-refractivity contribution in [1.82, 2.24) is 9.78 Å². The van der Waals surface area contributed by atoms with E-state index in [1.165, 1.54) is 11.3 Å². The van der Waals surface area contributed by atoms with E-state index >= 15 is 0 Å². The Morgan fingerprint density at radius 3 is 2.67 bits per heavy atom. The van der Waals surface area contributed by atoms with E-state index in [2.05, 4.69) is 47.0 Å². The monoisotopic (exact) mass is 243 g/mol. The fourth-order valence-electron chi connectivity index (χ4n) is 2.21. The van der Waals surface area contributed by atoms with Crippen LogP contribution in [-0.4, -0.2) is 9.78 Å². The Labute approximate surface area is 109 Å². The van der Waals surface area contributed by atoms with Crippen LogP contribution in [-0.2, 0) is 19.4 Å². The third kappa shape index (κ3) is 3.13. The minimum atomic E-state index is 0.830. The molecule has 18 heavy (non-hydrogen) atoms. The van der Waals surface area contributed by atoms with Gasteiger partial charge in [0.15, 0.2) is 0 Å². The molecule has 0 aliphatic rings. The van der Waals surface area contributed by atoms with Crippen molar-refractivity contribution in [1.29, 1.82) is 0 Å². The fraction of sp³-hybridized carbons (Fsp3) is 0.400. The van der Waals surface area contributed by atoms with E-state index in [0.29, 0.717) is 0 Å². The standard InChI is InChI=1S/C15H21N3/c1-2-7-15-14(16)12-17-18(15)11-6-10-13-8-4-3-5-9-13/h3-5,8-9,12H,2,6-7,10-11,16H2,1H3. The lowest BCUT2D eigenvalue weighted by Crippen LogP contribution is -2.07. The molecule has 3 nitrogen and oxygen atoms in total. The Kier molecular flexibility index (Phi) is 4.40. The summed E-state index contributed by atoms with van der Waals surface area (Å²) in [5.74, 6) is 0. The van der Waals surface area contributed by atoms with Gasteiger partial charge in [-0.05, 0) is 24.8 Å². The first kappa shape index (κ1) is 12.7. The molecule has 2 aromatic rings. The second-order valence-electron chi connectivity index (χ2n) is 4.61. The van der Waals surface area contributed by atoms with E-state index in [4.69, 9.17) is 5.73 Å². The summed E-state index contributed by atoms with van der Waals surface area (Å²) in [7, 11) is 0. The molecule has 2 N–H and O–H groups in total. The highest BCUT2D eigenvalue weighted by Gasteiger charge is 2.06. The van der Waals surface area contributed by atoms with Crippen LogP contribution in [0.3, 0.4) is 0 Å². The molecule has 96 valence electrons. The van der Waals surface area contributed by atoms with E-state index in [-0.39, 0.29) is 0 Å². The van der Waals surface area contributed by atoms with Gasteiger partial charge in [0.1, 0.15) is 0 Å². The maximum absolute atomic E-state index is 5.93. The van der Waals surface area contributed by atoms with Gasteiger partial charge >= 0.3 is 0 Å². The van der Waals surface area contributed by atoms with Crippen molar-refractivity contribution in [3.05, 3.63) is 47.8 Å². The van der Waals surface area contributed by atoms with Crippen molar-refractivity contribution in [2.24, 2.45) is 0 Å². The molecule has 0 bridgehead atoms. The van der Waals surface area contributed by atoms with Crippen molar-refractivity contribution < 1.29 is 0 Å². The first-order valence-corrected chi connectivity index (χ1v) is 6.65. The zero-order valence-electron chi connectivity index (χ0n) is 11.0. The van der Waals surface area contributed by atoms with E-state index in [1.807, 2.05) is 0 Å². The summed E-state index contributed by atoms with van der Waals surface area (Å²) in [6, 6.07) is 10.6. The Hall–Kier alpha value is -1.77. The summed E-state index contributed by atoms with van der Waals surface area (Å²) in [4.78, 5) is 0. The number of anilines is 1. The first-order valence-electron chi connectivity index (χ1n) is 6.65. The van der Waals surface area contributed by atoms with Crippen molar-refractivity contribution in [2.75, 3.05) is 5.73 Å². The number of rotatable bonds is 6. The summed E-state index contributed by atoms with van der Waals surface area (Å²) in [5, 5.41) is 4.36. The molecule has 0 radical (unpaired) electrons. The predicted octanol–water partition coefficient (Wildman–Crippen LogP) is 3.05. The number of hydrogen-bond donors (Lipinski definition) is 1. The maximum Gasteiger partial charge on any atom is 0.0733 e. The topological polar surface area (TPSA) is 43.8 Å². The fourth-order valence-corrected chi connectivity index (χ4v) is 2.21. The van der Waals surface area contributed by atoms with Gasteiger partial charge in [0.05, 0.1) is 17.6 Å². The van der Waals surface area contributed by atoms with Crippen LogP contribution in [0, 0.1) is 0 Å². The van der Waals surface area contributed by atoms with Crippen LogP contribution in [0.5, 0.6) is 0 Å². The van der Waals surface area contributed by atoms with Gasteiger partial charge < -0.3 is 5.73 Å². The summed E-state index contributed by atoms with van der Waals surface area (Å²) in [5.41, 5.74) is 9.33. The van der Waals surface area contributed by atoms with Crippen LogP contribution >= 0.6 is 0 Å². The normalized spacial score (nSPS) is 10.7. The molecule has 0 saturated carbocycles. The highest BCUT2D eigenvalue weighted by Crippen LogP contribution is 2.14. The van der Waals surface area contributed by atoms with Crippen LogP contribution in [0.25, 0.3) is 0 Å². The van der Waals surface area contributed by atoms with Crippen molar-refractivity contribution >= 4 is 5.69 Å². The van der Waals surface area contributed by atoms with E-state index < -0.39 is 0 Å². The summed E-state index contributed by atoms with van der Waals surface area (Å²) in [6.45, 7) is 3.11. The lowest BCUT2D eigenvalue weighted by Gasteiger charge is -2.07. The van der Waals surface area contributed by atoms with Crippen molar-refractivity contribution in [3.8, 4) is 0 Å². The van der Waals surface area contributed by atoms with Crippen molar-refractivity contribution in [2.45, 2.75) is 39.2 Å². The molecule has 0 aliphatic carbocycles. The van der Waals surface area contributed by atoms with E-state index in [1.54, 1.807) is 6.20 Å².